The minimum Gasteiger partial charge on any atom is -0.345 e. The molecule has 3 rings (SSSR count). The molecule has 0 bridgehead atoms. The number of hydrogen-bond acceptors (Lipinski definition) is 2. The van der Waals surface area contributed by atoms with Crippen molar-refractivity contribution in [1.82, 2.24) is 10.3 Å². The first kappa shape index (κ1) is 16.2. The van der Waals surface area contributed by atoms with Gasteiger partial charge in [0.1, 0.15) is 0 Å². The minimum atomic E-state index is -0.0371. The number of nitrogens with one attached hydrogen (secondary N) is 1. The number of rotatable bonds is 4. The van der Waals surface area contributed by atoms with Crippen LogP contribution in [0.2, 0.25) is 0 Å². The fourth-order valence-corrected chi connectivity index (χ4v) is 3.06. The van der Waals surface area contributed by atoms with Crippen LogP contribution in [0, 0.1) is 13.8 Å². The molecule has 24 heavy (non-hydrogen) atoms. The van der Waals surface area contributed by atoms with Crippen LogP contribution in [0.1, 0.15) is 46.6 Å². The van der Waals surface area contributed by atoms with Gasteiger partial charge < -0.3 is 5.32 Å². The molecule has 1 N–H and O–H groups in total. The standard InChI is InChI=1S/C21H22N2O/c1-4-18(16-10-6-5-7-11-16)23-21(24)20-14(2)15(3)22-19-13-9-8-12-17(19)20/h5-13,18H,4H2,1-3H3,(H,23,24)/t18-/m0/s1. The van der Waals surface area contributed by atoms with Crippen molar-refractivity contribution in [3.8, 4) is 0 Å². The molecule has 1 atom stereocenters. The third-order valence-corrected chi connectivity index (χ3v) is 4.52. The number of para-hydroxylation sites is 1. The van der Waals surface area contributed by atoms with Gasteiger partial charge in [-0.05, 0) is 37.5 Å². The number of hydrogen-bond donors (Lipinski definition) is 1. The Morgan fingerprint density at radius 2 is 1.71 bits per heavy atom. The number of aromatic nitrogens is 1. The smallest absolute Gasteiger partial charge is 0.252 e. The van der Waals surface area contributed by atoms with Gasteiger partial charge in [0.05, 0.1) is 17.1 Å². The molecular formula is C21H22N2O. The maximum Gasteiger partial charge on any atom is 0.252 e. The van der Waals surface area contributed by atoms with Crippen LogP contribution in [0.4, 0.5) is 0 Å². The van der Waals surface area contributed by atoms with Gasteiger partial charge in [-0.25, -0.2) is 0 Å². The third kappa shape index (κ3) is 3.02. The molecular weight excluding hydrogens is 296 g/mol. The first-order valence-electron chi connectivity index (χ1n) is 8.33. The number of amides is 1. The first-order chi connectivity index (χ1) is 11.6. The minimum absolute atomic E-state index is 0.00494. The van der Waals surface area contributed by atoms with Gasteiger partial charge in [0, 0.05) is 11.1 Å². The second kappa shape index (κ2) is 6.83. The van der Waals surface area contributed by atoms with E-state index in [1.54, 1.807) is 0 Å². The summed E-state index contributed by atoms with van der Waals surface area (Å²) in [6.07, 6.45) is 0.844. The van der Waals surface area contributed by atoms with Crippen molar-refractivity contribution < 1.29 is 4.79 Å². The molecule has 1 amide bonds. The Morgan fingerprint density at radius 1 is 1.04 bits per heavy atom. The van der Waals surface area contributed by atoms with E-state index in [1.165, 1.54) is 0 Å². The highest BCUT2D eigenvalue weighted by atomic mass is 16.1. The lowest BCUT2D eigenvalue weighted by Gasteiger charge is -2.19. The molecule has 2 aromatic carbocycles. The average molecular weight is 318 g/mol. The maximum absolute atomic E-state index is 13.0. The summed E-state index contributed by atoms with van der Waals surface area (Å²) in [7, 11) is 0. The van der Waals surface area contributed by atoms with Gasteiger partial charge in [-0.15, -0.1) is 0 Å². The zero-order valence-electron chi connectivity index (χ0n) is 14.3. The summed E-state index contributed by atoms with van der Waals surface area (Å²) in [4.78, 5) is 17.6. The Kier molecular flexibility index (Phi) is 4.61. The van der Waals surface area contributed by atoms with E-state index >= 15 is 0 Å². The number of carbonyl (C=O) groups is 1. The number of fused-ring (bicyclic) bond motifs is 1. The molecule has 3 nitrogen and oxygen atoms in total. The van der Waals surface area contributed by atoms with E-state index in [0.717, 1.165) is 39.7 Å². The van der Waals surface area contributed by atoms with E-state index in [0.29, 0.717) is 0 Å². The average Bonchev–Trinajstić information content (AvgIpc) is 2.61. The monoisotopic (exact) mass is 318 g/mol. The molecule has 1 aromatic heterocycles. The van der Waals surface area contributed by atoms with Crippen LogP contribution in [-0.2, 0) is 0 Å². The molecule has 0 unspecified atom stereocenters. The number of pyridine rings is 1. The van der Waals surface area contributed by atoms with Crippen molar-refractivity contribution in [2.24, 2.45) is 0 Å². The van der Waals surface area contributed by atoms with Crippen molar-refractivity contribution >= 4 is 16.8 Å². The van der Waals surface area contributed by atoms with Crippen LogP contribution in [0.25, 0.3) is 10.9 Å². The summed E-state index contributed by atoms with van der Waals surface area (Å²) in [5, 5.41) is 4.10. The maximum atomic E-state index is 13.0. The van der Waals surface area contributed by atoms with Gasteiger partial charge in [0.15, 0.2) is 0 Å². The van der Waals surface area contributed by atoms with E-state index in [2.05, 4.69) is 29.4 Å². The van der Waals surface area contributed by atoms with Crippen LogP contribution in [0.5, 0.6) is 0 Å². The fraction of sp³-hybridized carbons (Fsp3) is 0.238. The molecule has 3 aromatic rings. The van der Waals surface area contributed by atoms with Gasteiger partial charge in [-0.2, -0.15) is 0 Å². The van der Waals surface area contributed by atoms with Gasteiger partial charge in [0.25, 0.3) is 5.91 Å². The lowest BCUT2D eigenvalue weighted by Crippen LogP contribution is -2.29. The lowest BCUT2D eigenvalue weighted by atomic mass is 9.99. The van der Waals surface area contributed by atoms with Gasteiger partial charge in [0.2, 0.25) is 0 Å². The number of aryl methyl sites for hydroxylation is 1. The number of carbonyl (C=O) groups excluding carboxylic acids is 1. The van der Waals surface area contributed by atoms with Crippen LogP contribution < -0.4 is 5.32 Å². The summed E-state index contributed by atoms with van der Waals surface area (Å²) >= 11 is 0. The Balaban J connectivity index is 2.01. The van der Waals surface area contributed by atoms with E-state index in [4.69, 9.17) is 0 Å². The van der Waals surface area contributed by atoms with E-state index in [-0.39, 0.29) is 11.9 Å². The van der Waals surface area contributed by atoms with Crippen molar-refractivity contribution in [3.05, 3.63) is 77.0 Å². The van der Waals surface area contributed by atoms with Crippen LogP contribution in [0.15, 0.2) is 54.6 Å². The molecule has 0 saturated carbocycles. The number of nitrogens with zero attached hydrogens (tertiary/aromatic N) is 1. The molecule has 122 valence electrons. The van der Waals surface area contributed by atoms with E-state index in [9.17, 15) is 4.79 Å². The summed E-state index contributed by atoms with van der Waals surface area (Å²) < 4.78 is 0. The van der Waals surface area contributed by atoms with Crippen molar-refractivity contribution in [1.29, 1.82) is 0 Å². The van der Waals surface area contributed by atoms with Crippen LogP contribution >= 0.6 is 0 Å². The van der Waals surface area contributed by atoms with Crippen molar-refractivity contribution in [2.45, 2.75) is 33.2 Å². The summed E-state index contributed by atoms with van der Waals surface area (Å²) in [6, 6.07) is 17.9. The van der Waals surface area contributed by atoms with E-state index in [1.807, 2.05) is 56.3 Å². The molecule has 0 spiro atoms. The zero-order valence-corrected chi connectivity index (χ0v) is 14.3. The summed E-state index contributed by atoms with van der Waals surface area (Å²) in [5.74, 6) is -0.0371. The first-order valence-corrected chi connectivity index (χ1v) is 8.33. The fourth-order valence-electron chi connectivity index (χ4n) is 3.06. The SMILES string of the molecule is CC[C@H](NC(=O)c1c(C)c(C)nc2ccccc12)c1ccccc1. The molecule has 0 aliphatic heterocycles. The molecule has 0 aliphatic rings. The lowest BCUT2D eigenvalue weighted by molar-refractivity contribution is 0.0936. The second-order valence-corrected chi connectivity index (χ2v) is 6.06. The molecule has 0 radical (unpaired) electrons. The van der Waals surface area contributed by atoms with Gasteiger partial charge >= 0.3 is 0 Å². The van der Waals surface area contributed by atoms with Gasteiger partial charge in [-0.1, -0.05) is 55.5 Å². The predicted molar refractivity (Wildman–Crippen MR) is 98.2 cm³/mol. The largest absolute Gasteiger partial charge is 0.345 e. The second-order valence-electron chi connectivity index (χ2n) is 6.06. The third-order valence-electron chi connectivity index (χ3n) is 4.52. The summed E-state index contributed by atoms with van der Waals surface area (Å²) in [6.45, 7) is 6.00. The normalized spacial score (nSPS) is 12.1. The highest BCUT2D eigenvalue weighted by Crippen LogP contribution is 2.24. The Labute approximate surface area is 142 Å². The van der Waals surface area contributed by atoms with Crippen LogP contribution in [-0.4, -0.2) is 10.9 Å². The molecule has 0 aliphatic carbocycles. The Morgan fingerprint density at radius 3 is 2.42 bits per heavy atom. The molecule has 0 fully saturated rings. The molecule has 0 saturated heterocycles. The Bertz CT molecular complexity index is 872. The predicted octanol–water partition coefficient (Wildman–Crippen LogP) is 4.73. The zero-order chi connectivity index (χ0) is 17.1. The van der Waals surface area contributed by atoms with Crippen molar-refractivity contribution in [2.75, 3.05) is 0 Å². The highest BCUT2D eigenvalue weighted by molar-refractivity contribution is 6.07. The molecule has 3 heteroatoms. The quantitative estimate of drug-likeness (QED) is 0.755. The van der Waals surface area contributed by atoms with Gasteiger partial charge in [-0.3, -0.25) is 9.78 Å². The summed E-state index contributed by atoms with van der Waals surface area (Å²) in [5.41, 5.74) is 4.55. The topological polar surface area (TPSA) is 42.0 Å². The molecule has 1 heterocycles. The number of benzene rings is 2. The van der Waals surface area contributed by atoms with E-state index < -0.39 is 0 Å². The van der Waals surface area contributed by atoms with Crippen LogP contribution in [0.3, 0.4) is 0 Å². The highest BCUT2D eigenvalue weighted by Gasteiger charge is 2.19. The Hall–Kier alpha value is -2.68. The van der Waals surface area contributed by atoms with Crippen molar-refractivity contribution in [3.63, 3.8) is 0 Å².